The molecule has 0 unspecified atom stereocenters. The quantitative estimate of drug-likeness (QED) is 0.518. The molecular formula is C11H18ClN3O3. The van der Waals surface area contributed by atoms with Crippen molar-refractivity contribution in [1.82, 2.24) is 14.7 Å². The fraction of sp³-hybridized carbons (Fsp3) is 0.818. The third kappa shape index (κ3) is 3.57. The lowest BCUT2D eigenvalue weighted by Crippen LogP contribution is -2.51. The number of ether oxygens (including phenoxy) is 1. The summed E-state index contributed by atoms with van der Waals surface area (Å²) >= 11 is 5.41. The van der Waals surface area contributed by atoms with E-state index in [9.17, 15) is 9.59 Å². The molecule has 2 amide bonds. The molecule has 0 atom stereocenters. The summed E-state index contributed by atoms with van der Waals surface area (Å²) in [5.74, 6) is 0.143. The fourth-order valence-electron chi connectivity index (χ4n) is 2.19. The number of carbonyl (C=O) groups excluding carboxylic acids is 2. The molecule has 0 aliphatic carbocycles. The summed E-state index contributed by atoms with van der Waals surface area (Å²) in [4.78, 5) is 28.5. The van der Waals surface area contributed by atoms with Gasteiger partial charge >= 0.3 is 5.37 Å². The van der Waals surface area contributed by atoms with Crippen molar-refractivity contribution in [3.8, 4) is 0 Å². The summed E-state index contributed by atoms with van der Waals surface area (Å²) in [7, 11) is 0. The van der Waals surface area contributed by atoms with Crippen LogP contribution < -0.4 is 0 Å². The number of hydrogen-bond acceptors (Lipinski definition) is 4. The lowest BCUT2D eigenvalue weighted by Gasteiger charge is -2.35. The van der Waals surface area contributed by atoms with Crippen LogP contribution in [-0.4, -0.2) is 85.0 Å². The van der Waals surface area contributed by atoms with Crippen molar-refractivity contribution in [2.24, 2.45) is 0 Å². The lowest BCUT2D eigenvalue weighted by molar-refractivity contribution is -0.136. The van der Waals surface area contributed by atoms with Gasteiger partial charge in [0.05, 0.1) is 19.8 Å². The summed E-state index contributed by atoms with van der Waals surface area (Å²) < 4.78 is 5.21. The van der Waals surface area contributed by atoms with Crippen LogP contribution in [0.2, 0.25) is 0 Å². The summed E-state index contributed by atoms with van der Waals surface area (Å²) in [5, 5.41) is -0.408. The molecule has 2 saturated heterocycles. The van der Waals surface area contributed by atoms with Crippen molar-refractivity contribution >= 4 is 22.9 Å². The highest BCUT2D eigenvalue weighted by Crippen LogP contribution is 2.06. The van der Waals surface area contributed by atoms with Crippen LogP contribution in [0, 0.1) is 0 Å². The largest absolute Gasteiger partial charge is 0.378 e. The minimum Gasteiger partial charge on any atom is -0.378 e. The first-order valence-electron chi connectivity index (χ1n) is 6.19. The zero-order valence-corrected chi connectivity index (χ0v) is 11.1. The van der Waals surface area contributed by atoms with E-state index in [1.54, 1.807) is 4.90 Å². The normalized spacial score (nSPS) is 22.1. The second-order valence-electron chi connectivity index (χ2n) is 4.51. The highest BCUT2D eigenvalue weighted by atomic mass is 35.5. The molecule has 0 aromatic rings. The Hall–Kier alpha value is -0.850. The van der Waals surface area contributed by atoms with E-state index in [0.29, 0.717) is 59.0 Å². The molecule has 18 heavy (non-hydrogen) atoms. The number of piperazine rings is 1. The Balaban J connectivity index is 1.73. The number of hydrogen-bond donors (Lipinski definition) is 0. The molecule has 2 rings (SSSR count). The van der Waals surface area contributed by atoms with Crippen LogP contribution in [0.3, 0.4) is 0 Å². The van der Waals surface area contributed by atoms with Crippen LogP contribution in [0.15, 0.2) is 0 Å². The molecule has 0 radical (unpaired) electrons. The zero-order chi connectivity index (χ0) is 13.0. The maximum atomic E-state index is 12.0. The van der Waals surface area contributed by atoms with Crippen molar-refractivity contribution in [3.05, 3.63) is 0 Å². The van der Waals surface area contributed by atoms with Crippen LogP contribution in [0.25, 0.3) is 0 Å². The van der Waals surface area contributed by atoms with E-state index in [1.807, 2.05) is 4.90 Å². The second kappa shape index (κ2) is 6.36. The Labute approximate surface area is 111 Å². The number of amides is 2. The molecule has 0 aromatic carbocycles. The van der Waals surface area contributed by atoms with Gasteiger partial charge in [-0.2, -0.15) is 0 Å². The van der Waals surface area contributed by atoms with Gasteiger partial charge in [-0.05, 0) is 11.6 Å². The predicted octanol–water partition coefficient (Wildman–Crippen LogP) is -0.178. The number of morpholine rings is 1. The molecule has 0 saturated carbocycles. The number of nitrogens with zero attached hydrogens (tertiary/aromatic N) is 3. The summed E-state index contributed by atoms with van der Waals surface area (Å²) in [5.41, 5.74) is 0. The molecule has 2 aliphatic rings. The molecular weight excluding hydrogens is 258 g/mol. The van der Waals surface area contributed by atoms with E-state index in [4.69, 9.17) is 16.3 Å². The van der Waals surface area contributed by atoms with Crippen molar-refractivity contribution in [3.63, 3.8) is 0 Å². The monoisotopic (exact) mass is 275 g/mol. The average Bonchev–Trinajstić information content (AvgIpc) is 2.40. The van der Waals surface area contributed by atoms with Gasteiger partial charge in [0.15, 0.2) is 0 Å². The van der Waals surface area contributed by atoms with Gasteiger partial charge in [0, 0.05) is 39.3 Å². The second-order valence-corrected chi connectivity index (χ2v) is 4.83. The molecule has 2 heterocycles. The van der Waals surface area contributed by atoms with E-state index in [0.717, 1.165) is 0 Å². The van der Waals surface area contributed by atoms with E-state index < -0.39 is 5.37 Å². The van der Waals surface area contributed by atoms with Crippen LogP contribution in [0.5, 0.6) is 0 Å². The number of rotatable bonds is 2. The smallest absolute Gasteiger partial charge is 0.316 e. The molecule has 0 aromatic heterocycles. The van der Waals surface area contributed by atoms with Gasteiger partial charge in [0.1, 0.15) is 0 Å². The minimum absolute atomic E-state index is 0.143. The van der Waals surface area contributed by atoms with Crippen molar-refractivity contribution < 1.29 is 14.3 Å². The van der Waals surface area contributed by atoms with Crippen LogP contribution in [-0.2, 0) is 9.53 Å². The number of carbonyl (C=O) groups is 2. The summed E-state index contributed by atoms with van der Waals surface area (Å²) in [6, 6.07) is 0. The van der Waals surface area contributed by atoms with Crippen LogP contribution in [0.1, 0.15) is 0 Å². The molecule has 7 heteroatoms. The first-order valence-corrected chi connectivity index (χ1v) is 6.57. The van der Waals surface area contributed by atoms with Gasteiger partial charge in [-0.3, -0.25) is 14.5 Å². The van der Waals surface area contributed by atoms with Crippen LogP contribution in [0.4, 0.5) is 4.79 Å². The highest BCUT2D eigenvalue weighted by molar-refractivity contribution is 6.62. The molecule has 2 aliphatic heterocycles. The van der Waals surface area contributed by atoms with E-state index in [-0.39, 0.29) is 5.91 Å². The zero-order valence-electron chi connectivity index (χ0n) is 10.3. The van der Waals surface area contributed by atoms with E-state index >= 15 is 0 Å². The Bertz CT molecular complexity index is 313. The lowest BCUT2D eigenvalue weighted by atomic mass is 10.3. The topological polar surface area (TPSA) is 53.1 Å². The molecule has 0 N–H and O–H groups in total. The maximum absolute atomic E-state index is 12.0. The van der Waals surface area contributed by atoms with Gasteiger partial charge in [0.2, 0.25) is 5.91 Å². The van der Waals surface area contributed by atoms with Gasteiger partial charge in [-0.15, -0.1) is 0 Å². The molecule has 102 valence electrons. The molecule has 6 nitrogen and oxygen atoms in total. The Morgan fingerprint density at radius 2 is 1.56 bits per heavy atom. The number of halogens is 1. The third-order valence-corrected chi connectivity index (χ3v) is 3.58. The Morgan fingerprint density at radius 1 is 0.944 bits per heavy atom. The standard InChI is InChI=1S/C11H18ClN3O3/c12-11(17)15-3-1-13(2-4-15)9-10(16)14-5-7-18-8-6-14/h1-9H2. The first-order chi connectivity index (χ1) is 8.66. The van der Waals surface area contributed by atoms with E-state index in [1.165, 1.54) is 0 Å². The van der Waals surface area contributed by atoms with Crippen LogP contribution >= 0.6 is 11.6 Å². The fourth-order valence-corrected chi connectivity index (χ4v) is 2.35. The predicted molar refractivity (Wildman–Crippen MR) is 66.7 cm³/mol. The minimum atomic E-state index is -0.408. The maximum Gasteiger partial charge on any atom is 0.316 e. The van der Waals surface area contributed by atoms with Crippen molar-refractivity contribution in [2.45, 2.75) is 0 Å². The van der Waals surface area contributed by atoms with Crippen molar-refractivity contribution in [1.29, 1.82) is 0 Å². The van der Waals surface area contributed by atoms with Crippen molar-refractivity contribution in [2.75, 3.05) is 59.0 Å². The molecule has 0 bridgehead atoms. The summed E-state index contributed by atoms with van der Waals surface area (Å²) in [6.45, 7) is 5.63. The Morgan fingerprint density at radius 3 is 2.11 bits per heavy atom. The average molecular weight is 276 g/mol. The first kappa shape index (κ1) is 13.6. The van der Waals surface area contributed by atoms with Gasteiger partial charge < -0.3 is 14.5 Å². The summed E-state index contributed by atoms with van der Waals surface area (Å²) in [6.07, 6.45) is 0. The van der Waals surface area contributed by atoms with E-state index in [2.05, 4.69) is 4.90 Å². The SMILES string of the molecule is O=C(Cl)N1CCN(CC(=O)N2CCOCC2)CC1. The third-order valence-electron chi connectivity index (χ3n) is 3.34. The Kier molecular flexibility index (Phi) is 4.79. The molecule has 0 spiro atoms. The van der Waals surface area contributed by atoms with Gasteiger partial charge in [0.25, 0.3) is 0 Å². The van der Waals surface area contributed by atoms with Gasteiger partial charge in [-0.25, -0.2) is 0 Å². The molecule has 2 fully saturated rings. The van der Waals surface area contributed by atoms with Gasteiger partial charge in [-0.1, -0.05) is 0 Å². The highest BCUT2D eigenvalue weighted by Gasteiger charge is 2.24.